The second-order valence-electron chi connectivity index (χ2n) is 2.75. The Kier molecular flexibility index (Phi) is 2.09. The van der Waals surface area contributed by atoms with Gasteiger partial charge in [-0.05, 0) is 22.0 Å². The number of fused-ring (bicyclic) bond motifs is 1. The smallest absolute Gasteiger partial charge is 0.240 e. The fourth-order valence-corrected chi connectivity index (χ4v) is 2.21. The van der Waals surface area contributed by atoms with E-state index in [1.165, 1.54) is 6.20 Å². The Morgan fingerprint density at radius 1 is 1.50 bits per heavy atom. The number of H-pyrrole nitrogens is 1. The second-order valence-corrected chi connectivity index (χ2v) is 5.19. The number of halogens is 1. The van der Waals surface area contributed by atoms with Gasteiger partial charge in [-0.2, -0.15) is 0 Å². The summed E-state index contributed by atoms with van der Waals surface area (Å²) in [5, 5.41) is 5.51. The Morgan fingerprint density at radius 3 is 2.86 bits per heavy atom. The standard InChI is InChI=1S/C7H6BrN3O2S/c8-4-1-5-6(14(9,12)13)3-11-7(5)10-2-4/h1-3H,(H,10,11)(H2,9,12,13). The molecule has 0 radical (unpaired) electrons. The van der Waals surface area contributed by atoms with Crippen LogP contribution in [0.4, 0.5) is 0 Å². The molecule has 0 aliphatic carbocycles. The predicted molar refractivity (Wildman–Crippen MR) is 55.2 cm³/mol. The van der Waals surface area contributed by atoms with Crippen LogP contribution in [0.1, 0.15) is 0 Å². The summed E-state index contributed by atoms with van der Waals surface area (Å²) in [6.07, 6.45) is 2.91. The first-order valence-corrected chi connectivity index (χ1v) is 5.98. The Hall–Kier alpha value is -0.920. The number of pyridine rings is 1. The molecule has 0 amide bonds. The molecule has 2 rings (SSSR count). The summed E-state index contributed by atoms with van der Waals surface area (Å²) in [6, 6.07) is 1.65. The van der Waals surface area contributed by atoms with Crippen molar-refractivity contribution < 1.29 is 8.42 Å². The van der Waals surface area contributed by atoms with Gasteiger partial charge in [0.25, 0.3) is 0 Å². The van der Waals surface area contributed by atoms with Gasteiger partial charge < -0.3 is 4.98 Å². The van der Waals surface area contributed by atoms with Crippen LogP contribution in [0.2, 0.25) is 0 Å². The van der Waals surface area contributed by atoms with Crippen LogP contribution in [-0.2, 0) is 10.0 Å². The minimum Gasteiger partial charge on any atom is -0.345 e. The van der Waals surface area contributed by atoms with Crippen molar-refractivity contribution in [3.05, 3.63) is 22.9 Å². The van der Waals surface area contributed by atoms with E-state index in [0.29, 0.717) is 15.5 Å². The van der Waals surface area contributed by atoms with Crippen LogP contribution < -0.4 is 5.14 Å². The number of hydrogen-bond acceptors (Lipinski definition) is 3. The van der Waals surface area contributed by atoms with Crippen molar-refractivity contribution in [3.63, 3.8) is 0 Å². The molecule has 14 heavy (non-hydrogen) atoms. The number of hydrogen-bond donors (Lipinski definition) is 2. The molecule has 0 saturated carbocycles. The quantitative estimate of drug-likeness (QED) is 0.813. The number of sulfonamides is 1. The van der Waals surface area contributed by atoms with Crippen LogP contribution in [0.3, 0.4) is 0 Å². The number of nitrogens with two attached hydrogens (primary N) is 1. The topological polar surface area (TPSA) is 88.8 Å². The lowest BCUT2D eigenvalue weighted by atomic mass is 10.3. The van der Waals surface area contributed by atoms with Crippen LogP contribution in [0.25, 0.3) is 11.0 Å². The molecular formula is C7H6BrN3O2S. The molecule has 5 nitrogen and oxygen atoms in total. The van der Waals surface area contributed by atoms with Gasteiger partial charge in [-0.25, -0.2) is 18.5 Å². The van der Waals surface area contributed by atoms with Crippen molar-refractivity contribution in [1.82, 2.24) is 9.97 Å². The Labute approximate surface area is 88.5 Å². The number of rotatable bonds is 1. The van der Waals surface area contributed by atoms with Crippen LogP contribution in [-0.4, -0.2) is 18.4 Å². The van der Waals surface area contributed by atoms with Crippen molar-refractivity contribution in [3.8, 4) is 0 Å². The largest absolute Gasteiger partial charge is 0.345 e. The molecule has 0 aliphatic heterocycles. The Balaban J connectivity index is 2.87. The van der Waals surface area contributed by atoms with Gasteiger partial charge in [0.1, 0.15) is 10.5 Å². The maximum Gasteiger partial charge on any atom is 0.240 e. The lowest BCUT2D eigenvalue weighted by Gasteiger charge is -1.94. The summed E-state index contributed by atoms with van der Waals surface area (Å²) in [6.45, 7) is 0. The van der Waals surface area contributed by atoms with E-state index in [4.69, 9.17) is 5.14 Å². The number of aromatic amines is 1. The van der Waals surface area contributed by atoms with E-state index in [2.05, 4.69) is 25.9 Å². The molecule has 0 fully saturated rings. The Bertz CT molecular complexity index is 590. The molecule has 0 aromatic carbocycles. The van der Waals surface area contributed by atoms with Gasteiger partial charge >= 0.3 is 0 Å². The molecule has 74 valence electrons. The first-order valence-electron chi connectivity index (χ1n) is 3.64. The fourth-order valence-electron chi connectivity index (χ4n) is 1.19. The maximum atomic E-state index is 11.1. The van der Waals surface area contributed by atoms with Crippen LogP contribution >= 0.6 is 15.9 Å². The Morgan fingerprint density at radius 2 is 2.21 bits per heavy atom. The van der Waals surface area contributed by atoms with E-state index >= 15 is 0 Å². The highest BCUT2D eigenvalue weighted by molar-refractivity contribution is 9.10. The summed E-state index contributed by atoms with van der Waals surface area (Å²) >= 11 is 3.21. The predicted octanol–water partition coefficient (Wildman–Crippen LogP) is 0.973. The van der Waals surface area contributed by atoms with Crippen molar-refractivity contribution >= 4 is 37.0 Å². The highest BCUT2D eigenvalue weighted by Gasteiger charge is 2.14. The summed E-state index contributed by atoms with van der Waals surface area (Å²) in [5.41, 5.74) is 0.497. The zero-order chi connectivity index (χ0) is 10.3. The fraction of sp³-hybridized carbons (Fsp3) is 0. The molecule has 3 N–H and O–H groups in total. The van der Waals surface area contributed by atoms with Gasteiger partial charge in [0.15, 0.2) is 0 Å². The molecule has 0 unspecified atom stereocenters. The van der Waals surface area contributed by atoms with Crippen molar-refractivity contribution in [2.45, 2.75) is 4.90 Å². The first-order chi connectivity index (χ1) is 6.48. The summed E-state index contributed by atoms with van der Waals surface area (Å²) in [5.74, 6) is 0. The summed E-state index contributed by atoms with van der Waals surface area (Å²) in [7, 11) is -3.69. The van der Waals surface area contributed by atoms with E-state index in [-0.39, 0.29) is 4.90 Å². The molecule has 2 aromatic rings. The minimum atomic E-state index is -3.69. The number of aromatic nitrogens is 2. The van der Waals surface area contributed by atoms with Gasteiger partial charge in [-0.15, -0.1) is 0 Å². The average Bonchev–Trinajstić information content (AvgIpc) is 2.45. The zero-order valence-corrected chi connectivity index (χ0v) is 9.26. The van der Waals surface area contributed by atoms with E-state index in [1.54, 1.807) is 12.3 Å². The second kappa shape index (κ2) is 3.04. The van der Waals surface area contributed by atoms with Crippen LogP contribution in [0, 0.1) is 0 Å². The zero-order valence-electron chi connectivity index (χ0n) is 6.86. The lowest BCUT2D eigenvalue weighted by molar-refractivity contribution is 0.598. The van der Waals surface area contributed by atoms with E-state index < -0.39 is 10.0 Å². The SMILES string of the molecule is NS(=O)(=O)c1c[nH]c2ncc(Br)cc12. The molecule has 0 atom stereocenters. The van der Waals surface area contributed by atoms with E-state index in [1.807, 2.05) is 0 Å². The highest BCUT2D eigenvalue weighted by Crippen LogP contribution is 2.22. The molecule has 2 heterocycles. The third kappa shape index (κ3) is 1.54. The number of primary sulfonamides is 1. The molecule has 0 spiro atoms. The van der Waals surface area contributed by atoms with Crippen molar-refractivity contribution in [1.29, 1.82) is 0 Å². The summed E-state index contributed by atoms with van der Waals surface area (Å²) < 4.78 is 23.0. The van der Waals surface area contributed by atoms with Crippen LogP contribution in [0.5, 0.6) is 0 Å². The lowest BCUT2D eigenvalue weighted by Crippen LogP contribution is -2.11. The van der Waals surface area contributed by atoms with Gasteiger partial charge in [0, 0.05) is 22.3 Å². The van der Waals surface area contributed by atoms with E-state index in [0.717, 1.165) is 0 Å². The maximum absolute atomic E-state index is 11.1. The molecule has 0 bridgehead atoms. The number of nitrogens with zero attached hydrogens (tertiary/aromatic N) is 1. The summed E-state index contributed by atoms with van der Waals surface area (Å²) in [4.78, 5) is 6.78. The third-order valence-electron chi connectivity index (χ3n) is 1.77. The molecular weight excluding hydrogens is 270 g/mol. The van der Waals surface area contributed by atoms with Gasteiger partial charge in [0.05, 0.1) is 0 Å². The monoisotopic (exact) mass is 275 g/mol. The van der Waals surface area contributed by atoms with Gasteiger partial charge in [0.2, 0.25) is 10.0 Å². The van der Waals surface area contributed by atoms with Gasteiger partial charge in [-0.1, -0.05) is 0 Å². The number of nitrogens with one attached hydrogen (secondary N) is 1. The third-order valence-corrected chi connectivity index (χ3v) is 3.15. The minimum absolute atomic E-state index is 0.0568. The van der Waals surface area contributed by atoms with Crippen molar-refractivity contribution in [2.24, 2.45) is 5.14 Å². The first kappa shape index (κ1) is 9.63. The average molecular weight is 276 g/mol. The highest BCUT2D eigenvalue weighted by atomic mass is 79.9. The normalized spacial score (nSPS) is 12.1. The molecule has 0 saturated heterocycles. The van der Waals surface area contributed by atoms with Gasteiger partial charge in [-0.3, -0.25) is 0 Å². The molecule has 0 aliphatic rings. The molecule has 2 aromatic heterocycles. The van der Waals surface area contributed by atoms with Crippen molar-refractivity contribution in [2.75, 3.05) is 0 Å². The van der Waals surface area contributed by atoms with E-state index in [9.17, 15) is 8.42 Å². The van der Waals surface area contributed by atoms with Crippen LogP contribution in [0.15, 0.2) is 27.8 Å². The molecule has 7 heteroatoms.